The van der Waals surface area contributed by atoms with Crippen molar-refractivity contribution in [2.75, 3.05) is 6.61 Å². The van der Waals surface area contributed by atoms with Crippen LogP contribution < -0.4 is 16.0 Å². The fourth-order valence-corrected chi connectivity index (χ4v) is 4.67. The first-order valence-electron chi connectivity index (χ1n) is 10.8. The van der Waals surface area contributed by atoms with Crippen LogP contribution >= 0.6 is 11.6 Å². The molecule has 0 saturated carbocycles. The lowest BCUT2D eigenvalue weighted by molar-refractivity contribution is -0.0133. The van der Waals surface area contributed by atoms with Gasteiger partial charge in [0.25, 0.3) is 0 Å². The number of rotatable bonds is 3. The lowest BCUT2D eigenvalue weighted by Crippen LogP contribution is -2.50. The number of hydrogen-bond acceptors (Lipinski definition) is 5. The molecule has 0 aliphatic carbocycles. The molecule has 0 spiro atoms. The Bertz CT molecular complexity index is 1300. The number of halogens is 2. The minimum atomic E-state index is -0.383. The maximum absolute atomic E-state index is 14.9. The van der Waals surface area contributed by atoms with Gasteiger partial charge >= 0.3 is 0 Å². The number of fused-ring (bicyclic) bond motifs is 1. The molecule has 1 N–H and O–H groups in total. The quantitative estimate of drug-likeness (QED) is 0.660. The number of benzene rings is 1. The number of nitrogens with one attached hydrogen (secondary N) is 1. The average Bonchev–Trinajstić information content (AvgIpc) is 3.21. The maximum atomic E-state index is 14.9. The molecule has 0 radical (unpaired) electrons. The fourth-order valence-electron chi connectivity index (χ4n) is 4.51. The molecule has 3 aromatic rings. The molecule has 4 heterocycles. The molecular formula is C24H25ClFN5O. The predicted molar refractivity (Wildman–Crippen MR) is 121 cm³/mol. The van der Waals surface area contributed by atoms with E-state index >= 15 is 0 Å². The lowest BCUT2D eigenvalue weighted by atomic mass is 9.85. The summed E-state index contributed by atoms with van der Waals surface area (Å²) in [6.45, 7) is 4.52. The summed E-state index contributed by atoms with van der Waals surface area (Å²) in [7, 11) is 1.90. The number of aryl methyl sites for hydroxylation is 3. The van der Waals surface area contributed by atoms with Crippen LogP contribution in [0.25, 0.3) is 11.8 Å². The molecule has 5 rings (SSSR count). The van der Waals surface area contributed by atoms with E-state index in [1.165, 1.54) is 6.07 Å². The summed E-state index contributed by atoms with van der Waals surface area (Å²) in [5.74, 6) is -0.0947. The summed E-state index contributed by atoms with van der Waals surface area (Å²) in [5.41, 5.74) is 3.88. The predicted octanol–water partition coefficient (Wildman–Crippen LogP) is 2.70. The second-order valence-corrected chi connectivity index (χ2v) is 8.99. The van der Waals surface area contributed by atoms with E-state index in [9.17, 15) is 4.39 Å². The smallest absolute Gasteiger partial charge is 0.134 e. The van der Waals surface area contributed by atoms with Gasteiger partial charge in [0.15, 0.2) is 0 Å². The van der Waals surface area contributed by atoms with E-state index in [0.717, 1.165) is 35.1 Å². The SMILES string of the molecule is Cc1nc2c(nc1C)=C(c1ccc(Cl)cc1F)NC([C@H]1CCO[C@@H](c3cnn(C)c3)C1)C=2. The third-order valence-electron chi connectivity index (χ3n) is 6.35. The van der Waals surface area contributed by atoms with Crippen molar-refractivity contribution in [2.24, 2.45) is 13.0 Å². The van der Waals surface area contributed by atoms with Crippen molar-refractivity contribution < 1.29 is 9.13 Å². The minimum Gasteiger partial charge on any atom is -0.376 e. The average molecular weight is 454 g/mol. The van der Waals surface area contributed by atoms with Crippen LogP contribution in [0.5, 0.6) is 0 Å². The summed E-state index contributed by atoms with van der Waals surface area (Å²) < 4.78 is 22.8. The maximum Gasteiger partial charge on any atom is 0.134 e. The van der Waals surface area contributed by atoms with Gasteiger partial charge in [-0.1, -0.05) is 11.6 Å². The summed E-state index contributed by atoms with van der Waals surface area (Å²) in [6, 6.07) is 4.71. The van der Waals surface area contributed by atoms with E-state index in [1.807, 2.05) is 33.3 Å². The third-order valence-corrected chi connectivity index (χ3v) is 6.58. The largest absolute Gasteiger partial charge is 0.376 e. The van der Waals surface area contributed by atoms with E-state index in [0.29, 0.717) is 28.2 Å². The Morgan fingerprint density at radius 3 is 2.78 bits per heavy atom. The third kappa shape index (κ3) is 3.91. The number of aromatic nitrogens is 4. The molecular weight excluding hydrogens is 429 g/mol. The van der Waals surface area contributed by atoms with E-state index in [2.05, 4.69) is 16.5 Å². The Kier molecular flexibility index (Phi) is 5.47. The molecule has 1 saturated heterocycles. The Balaban J connectivity index is 1.56. The van der Waals surface area contributed by atoms with Gasteiger partial charge in [-0.2, -0.15) is 5.10 Å². The molecule has 0 bridgehead atoms. The first kappa shape index (κ1) is 21.1. The van der Waals surface area contributed by atoms with Crippen LogP contribution in [-0.4, -0.2) is 32.4 Å². The summed E-state index contributed by atoms with van der Waals surface area (Å²) >= 11 is 6.00. The second-order valence-electron chi connectivity index (χ2n) is 8.56. The Hall–Kier alpha value is -2.77. The highest BCUT2D eigenvalue weighted by Crippen LogP contribution is 2.34. The zero-order valence-corrected chi connectivity index (χ0v) is 19.0. The first-order chi connectivity index (χ1) is 15.4. The van der Waals surface area contributed by atoms with Gasteiger partial charge in [-0.15, -0.1) is 0 Å². The van der Waals surface area contributed by atoms with Crippen molar-refractivity contribution in [1.29, 1.82) is 0 Å². The van der Waals surface area contributed by atoms with Crippen LogP contribution in [0.4, 0.5) is 4.39 Å². The van der Waals surface area contributed by atoms with Gasteiger partial charge in [0, 0.05) is 42.0 Å². The number of nitrogens with zero attached hydrogens (tertiary/aromatic N) is 4. The zero-order chi connectivity index (χ0) is 22.4. The standard InChI is InChI=1S/C24H25ClFN5O/c1-13-14(2)29-24-21(28-13)10-20(30-23(24)18-5-4-17(25)9-19(18)26)15-6-7-32-22(8-15)16-11-27-31(3)12-16/h4-5,9-12,15,20,22,30H,6-8H2,1-3H3/t15-,20?,22+/m0/s1. The van der Waals surface area contributed by atoms with Crippen molar-refractivity contribution >= 4 is 23.4 Å². The van der Waals surface area contributed by atoms with E-state index in [4.69, 9.17) is 26.3 Å². The van der Waals surface area contributed by atoms with Gasteiger partial charge in [0.2, 0.25) is 0 Å². The number of hydrogen-bond donors (Lipinski definition) is 1. The van der Waals surface area contributed by atoms with Crippen LogP contribution in [0.3, 0.4) is 0 Å². The molecule has 1 unspecified atom stereocenters. The molecule has 1 aromatic carbocycles. The highest BCUT2D eigenvalue weighted by atomic mass is 35.5. The van der Waals surface area contributed by atoms with Gasteiger partial charge in [-0.25, -0.2) is 14.4 Å². The molecule has 166 valence electrons. The topological polar surface area (TPSA) is 64.9 Å². The summed E-state index contributed by atoms with van der Waals surface area (Å²) in [5, 5.41) is 9.68. The fraction of sp³-hybridized carbons (Fsp3) is 0.375. The molecule has 2 aliphatic rings. The van der Waals surface area contributed by atoms with Crippen molar-refractivity contribution in [3.05, 3.63) is 74.6 Å². The monoisotopic (exact) mass is 453 g/mol. The summed E-state index contributed by atoms with van der Waals surface area (Å²) in [6.07, 6.45) is 7.71. The molecule has 6 nitrogen and oxygen atoms in total. The Morgan fingerprint density at radius 2 is 2.03 bits per heavy atom. The summed E-state index contributed by atoms with van der Waals surface area (Å²) in [4.78, 5) is 9.54. The van der Waals surface area contributed by atoms with E-state index < -0.39 is 0 Å². The van der Waals surface area contributed by atoms with Gasteiger partial charge in [0.1, 0.15) is 11.2 Å². The van der Waals surface area contributed by atoms with Crippen molar-refractivity contribution in [2.45, 2.75) is 38.8 Å². The minimum absolute atomic E-state index is 0.0133. The van der Waals surface area contributed by atoms with Crippen LogP contribution in [0.15, 0.2) is 30.6 Å². The molecule has 0 amide bonds. The molecule has 2 aliphatic heterocycles. The molecule has 3 atom stereocenters. The van der Waals surface area contributed by atoms with Crippen molar-refractivity contribution in [3.63, 3.8) is 0 Å². The molecule has 32 heavy (non-hydrogen) atoms. The molecule has 2 aromatic heterocycles. The second kappa shape index (κ2) is 8.30. The van der Waals surface area contributed by atoms with Crippen LogP contribution in [0.1, 0.15) is 41.5 Å². The first-order valence-corrected chi connectivity index (χ1v) is 11.2. The van der Waals surface area contributed by atoms with Gasteiger partial charge in [-0.05, 0) is 56.9 Å². The lowest BCUT2D eigenvalue weighted by Gasteiger charge is -2.35. The molecule has 8 heteroatoms. The van der Waals surface area contributed by atoms with Crippen LogP contribution in [-0.2, 0) is 11.8 Å². The van der Waals surface area contributed by atoms with Crippen LogP contribution in [0.2, 0.25) is 5.02 Å². The van der Waals surface area contributed by atoms with Crippen molar-refractivity contribution in [1.82, 2.24) is 25.1 Å². The normalized spacial score (nSPS) is 22.8. The highest BCUT2D eigenvalue weighted by Gasteiger charge is 2.32. The Morgan fingerprint density at radius 1 is 1.22 bits per heavy atom. The van der Waals surface area contributed by atoms with E-state index in [1.54, 1.807) is 16.8 Å². The van der Waals surface area contributed by atoms with Gasteiger partial charge in [-0.3, -0.25) is 4.68 Å². The number of ether oxygens (including phenoxy) is 1. The Labute approximate surface area is 190 Å². The van der Waals surface area contributed by atoms with Gasteiger partial charge in [0.05, 0.1) is 34.7 Å². The zero-order valence-electron chi connectivity index (χ0n) is 18.3. The van der Waals surface area contributed by atoms with E-state index in [-0.39, 0.29) is 23.9 Å². The molecule has 1 fully saturated rings. The van der Waals surface area contributed by atoms with Crippen LogP contribution in [0, 0.1) is 25.6 Å². The highest BCUT2D eigenvalue weighted by molar-refractivity contribution is 6.30. The van der Waals surface area contributed by atoms with Gasteiger partial charge < -0.3 is 10.1 Å². The van der Waals surface area contributed by atoms with Crippen molar-refractivity contribution in [3.8, 4) is 0 Å².